The molecule has 9 heteroatoms. The van der Waals surface area contributed by atoms with Crippen molar-refractivity contribution >= 4 is 34.5 Å². The third-order valence-corrected chi connectivity index (χ3v) is 5.99. The molecule has 2 unspecified atom stereocenters. The Labute approximate surface area is 184 Å². The minimum atomic E-state index is -1.01. The Morgan fingerprint density at radius 2 is 2.06 bits per heavy atom. The van der Waals surface area contributed by atoms with Crippen molar-refractivity contribution in [1.82, 2.24) is 14.9 Å². The Morgan fingerprint density at radius 1 is 1.25 bits per heavy atom. The van der Waals surface area contributed by atoms with Gasteiger partial charge in [0.2, 0.25) is 11.8 Å². The van der Waals surface area contributed by atoms with Gasteiger partial charge in [-0.25, -0.2) is 9.98 Å². The van der Waals surface area contributed by atoms with Gasteiger partial charge in [0.05, 0.1) is 17.5 Å². The summed E-state index contributed by atoms with van der Waals surface area (Å²) < 4.78 is 5.89. The second kappa shape index (κ2) is 7.67. The summed E-state index contributed by atoms with van der Waals surface area (Å²) in [4.78, 5) is 40.0. The molecule has 0 aliphatic carbocycles. The van der Waals surface area contributed by atoms with Gasteiger partial charge in [-0.2, -0.15) is 0 Å². The third-order valence-electron chi connectivity index (χ3n) is 5.99. The number of likely N-dealkylation sites (N-methyl/N-ethyl adjacent to an activating group) is 2. The fraction of sp³-hybridized carbons (Fsp3) is 0.304. The number of rotatable bonds is 4. The van der Waals surface area contributed by atoms with Crippen molar-refractivity contribution < 1.29 is 19.4 Å². The number of nitrogens with one attached hydrogen (secondary N) is 1. The van der Waals surface area contributed by atoms with Crippen LogP contribution in [0.15, 0.2) is 47.5 Å². The van der Waals surface area contributed by atoms with Gasteiger partial charge in [0.25, 0.3) is 0 Å². The monoisotopic (exact) mass is 433 g/mol. The number of carbonyl (C=O) groups is 2. The molecule has 2 aliphatic heterocycles. The summed E-state index contributed by atoms with van der Waals surface area (Å²) in [7, 11) is 3.44. The first-order valence-corrected chi connectivity index (χ1v) is 10.4. The molecule has 2 aromatic carbocycles. The first-order chi connectivity index (χ1) is 15.4. The van der Waals surface area contributed by atoms with Gasteiger partial charge in [0, 0.05) is 31.9 Å². The molecule has 1 aromatic heterocycles. The van der Waals surface area contributed by atoms with Crippen molar-refractivity contribution in [2.45, 2.75) is 25.0 Å². The van der Waals surface area contributed by atoms with Gasteiger partial charge in [0.15, 0.2) is 0 Å². The first-order valence-electron chi connectivity index (χ1n) is 10.4. The van der Waals surface area contributed by atoms with E-state index >= 15 is 0 Å². The second-order valence-electron chi connectivity index (χ2n) is 8.16. The number of para-hydroxylation sites is 2. The van der Waals surface area contributed by atoms with Gasteiger partial charge in [0.1, 0.15) is 24.5 Å². The van der Waals surface area contributed by atoms with Crippen LogP contribution in [0.1, 0.15) is 29.4 Å². The highest BCUT2D eigenvalue weighted by molar-refractivity contribution is 5.97. The van der Waals surface area contributed by atoms with E-state index in [1.807, 2.05) is 42.5 Å². The Morgan fingerprint density at radius 3 is 2.84 bits per heavy atom. The van der Waals surface area contributed by atoms with Crippen LogP contribution < -0.4 is 4.90 Å². The van der Waals surface area contributed by atoms with Crippen LogP contribution in [0.3, 0.4) is 0 Å². The fourth-order valence-electron chi connectivity index (χ4n) is 4.30. The molecule has 5 rings (SSSR count). The van der Waals surface area contributed by atoms with Crippen molar-refractivity contribution in [2.75, 3.05) is 25.6 Å². The quantitative estimate of drug-likeness (QED) is 0.653. The van der Waals surface area contributed by atoms with E-state index in [1.165, 1.54) is 0 Å². The fourth-order valence-corrected chi connectivity index (χ4v) is 4.30. The van der Waals surface area contributed by atoms with Crippen LogP contribution in [0, 0.1) is 0 Å². The number of ether oxygens (including phenoxy) is 1. The maximum Gasteiger partial charge on any atom is 0.305 e. The van der Waals surface area contributed by atoms with Crippen molar-refractivity contribution in [1.29, 1.82) is 0 Å². The lowest BCUT2D eigenvalue weighted by Crippen LogP contribution is -2.44. The number of nitrogens with zero attached hydrogens (tertiary/aromatic N) is 4. The summed E-state index contributed by atoms with van der Waals surface area (Å²) in [6.45, 7) is 0.772. The molecule has 0 saturated carbocycles. The molecule has 1 amide bonds. The number of aliphatic imine (C=N–C) groups is 1. The van der Waals surface area contributed by atoms with E-state index in [0.29, 0.717) is 19.0 Å². The summed E-state index contributed by atoms with van der Waals surface area (Å²) in [6, 6.07) is 12.6. The highest BCUT2D eigenvalue weighted by atomic mass is 16.5. The number of aliphatic carboxylic acids is 1. The van der Waals surface area contributed by atoms with E-state index in [-0.39, 0.29) is 18.4 Å². The number of hydrogen-bond donors (Lipinski definition) is 2. The predicted octanol–water partition coefficient (Wildman–Crippen LogP) is 2.33. The van der Waals surface area contributed by atoms with E-state index in [9.17, 15) is 14.7 Å². The predicted molar refractivity (Wildman–Crippen MR) is 119 cm³/mol. The molecular formula is C23H23N5O4. The molecule has 0 spiro atoms. The summed E-state index contributed by atoms with van der Waals surface area (Å²) >= 11 is 0. The molecule has 0 bridgehead atoms. The van der Waals surface area contributed by atoms with Gasteiger partial charge in [-0.1, -0.05) is 12.1 Å². The Kier molecular flexibility index (Phi) is 4.80. The number of H-pyrrole nitrogens is 1. The number of imidazole rings is 1. The zero-order chi connectivity index (χ0) is 22.4. The number of benzene rings is 2. The molecule has 9 nitrogen and oxygen atoms in total. The van der Waals surface area contributed by atoms with Crippen LogP contribution in [0.4, 0.5) is 5.69 Å². The van der Waals surface area contributed by atoms with Crippen molar-refractivity contribution in [3.05, 3.63) is 59.4 Å². The van der Waals surface area contributed by atoms with E-state index in [2.05, 4.69) is 9.97 Å². The van der Waals surface area contributed by atoms with Gasteiger partial charge >= 0.3 is 5.97 Å². The average Bonchev–Trinajstić information content (AvgIpc) is 3.41. The van der Waals surface area contributed by atoms with Crippen molar-refractivity contribution in [3.8, 4) is 0 Å². The SMILES string of the molecule is CN1Cc2cc(C3=NC(c4nc5ccccc5[nH]4)CO3)ccc2N(C)C(CC(=O)O)C1=O. The standard InChI is InChI=1S/C23H23N5O4/c1-27-11-14-9-13(7-8-18(14)28(2)19(23(27)31)10-20(29)30)22-26-17(12-32-22)21-24-15-5-3-4-6-16(15)25-21/h3-9,17,19H,10-12H2,1-2H3,(H,24,25)(H,29,30). The van der Waals surface area contributed by atoms with Crippen LogP contribution in [-0.4, -0.2) is 64.5 Å². The number of aromatic nitrogens is 2. The van der Waals surface area contributed by atoms with Crippen molar-refractivity contribution in [2.24, 2.45) is 4.99 Å². The number of anilines is 1. The maximum absolute atomic E-state index is 12.7. The Bertz CT molecular complexity index is 1220. The number of amides is 1. The van der Waals surface area contributed by atoms with Gasteiger partial charge in [-0.3, -0.25) is 9.59 Å². The Hall–Kier alpha value is -3.88. The largest absolute Gasteiger partial charge is 0.481 e. The lowest BCUT2D eigenvalue weighted by molar-refractivity contribution is -0.141. The topological polar surface area (TPSA) is 111 Å². The number of carbonyl (C=O) groups excluding carboxylic acids is 1. The summed E-state index contributed by atoms with van der Waals surface area (Å²) in [6.07, 6.45) is -0.254. The summed E-state index contributed by atoms with van der Waals surface area (Å²) in [5.41, 5.74) is 4.40. The third kappa shape index (κ3) is 3.45. The van der Waals surface area contributed by atoms with E-state index in [1.54, 1.807) is 23.9 Å². The molecule has 2 N–H and O–H groups in total. The van der Waals surface area contributed by atoms with Crippen LogP contribution in [0.2, 0.25) is 0 Å². The second-order valence-corrected chi connectivity index (χ2v) is 8.16. The van der Waals surface area contributed by atoms with Crippen molar-refractivity contribution in [3.63, 3.8) is 0 Å². The lowest BCUT2D eigenvalue weighted by atomic mass is 10.1. The molecule has 2 atom stereocenters. The molecule has 2 aliphatic rings. The molecule has 0 saturated heterocycles. The number of carboxylic acid groups (broad SMARTS) is 1. The number of fused-ring (bicyclic) bond motifs is 2. The van der Waals surface area contributed by atoms with Crippen LogP contribution in [0.5, 0.6) is 0 Å². The highest BCUT2D eigenvalue weighted by Gasteiger charge is 2.34. The lowest BCUT2D eigenvalue weighted by Gasteiger charge is -2.27. The van der Waals surface area contributed by atoms with Crippen LogP contribution >= 0.6 is 0 Å². The highest BCUT2D eigenvalue weighted by Crippen LogP contribution is 2.31. The van der Waals surface area contributed by atoms with E-state index < -0.39 is 12.0 Å². The van der Waals surface area contributed by atoms with Crippen LogP contribution in [0.25, 0.3) is 11.0 Å². The minimum Gasteiger partial charge on any atom is -0.481 e. The molecule has 3 heterocycles. The first kappa shape index (κ1) is 20.0. The maximum atomic E-state index is 12.7. The molecule has 0 radical (unpaired) electrons. The molecule has 32 heavy (non-hydrogen) atoms. The van der Waals surface area contributed by atoms with Gasteiger partial charge < -0.3 is 24.6 Å². The summed E-state index contributed by atoms with van der Waals surface area (Å²) in [5, 5.41) is 9.24. The Balaban J connectivity index is 1.45. The summed E-state index contributed by atoms with van der Waals surface area (Å²) in [5.74, 6) is 0.0693. The zero-order valence-corrected chi connectivity index (χ0v) is 17.8. The molecule has 3 aromatic rings. The molecular weight excluding hydrogens is 410 g/mol. The molecule has 164 valence electrons. The number of hydrogen-bond acceptors (Lipinski definition) is 6. The average molecular weight is 433 g/mol. The van der Waals surface area contributed by atoms with Gasteiger partial charge in [-0.15, -0.1) is 0 Å². The molecule has 0 fully saturated rings. The smallest absolute Gasteiger partial charge is 0.305 e. The number of aromatic amines is 1. The van der Waals surface area contributed by atoms with E-state index in [0.717, 1.165) is 33.7 Å². The zero-order valence-electron chi connectivity index (χ0n) is 17.8. The van der Waals surface area contributed by atoms with Gasteiger partial charge in [-0.05, 0) is 35.9 Å². The normalized spacial score (nSPS) is 20.7. The van der Waals surface area contributed by atoms with Crippen LogP contribution in [-0.2, 0) is 20.9 Å². The van der Waals surface area contributed by atoms with E-state index in [4.69, 9.17) is 9.73 Å². The minimum absolute atomic E-state index is 0.216. The number of carboxylic acids is 1.